The maximum absolute atomic E-state index is 12.5. The second-order valence-electron chi connectivity index (χ2n) is 7.05. The number of amides is 1. The van der Waals surface area contributed by atoms with Gasteiger partial charge in [0.05, 0.1) is 0 Å². The molecular formula is C13H26N2O2. The minimum Gasteiger partial charge on any atom is -0.331 e. The van der Waals surface area contributed by atoms with Gasteiger partial charge in [0, 0.05) is 5.54 Å². The lowest BCUT2D eigenvalue weighted by Crippen LogP contribution is -2.53. The van der Waals surface area contributed by atoms with Gasteiger partial charge in [0.15, 0.2) is 6.35 Å². The highest BCUT2D eigenvalue weighted by Crippen LogP contribution is 2.35. The quantitative estimate of drug-likeness (QED) is 0.704. The van der Waals surface area contributed by atoms with E-state index in [-0.39, 0.29) is 29.3 Å². The normalized spacial score (nSPS) is 27.1. The number of rotatable bonds is 1. The predicted molar refractivity (Wildman–Crippen MR) is 68.4 cm³/mol. The molecule has 0 bridgehead atoms. The zero-order valence-electron chi connectivity index (χ0n) is 12.4. The van der Waals surface area contributed by atoms with Crippen molar-refractivity contribution in [3.63, 3.8) is 0 Å². The van der Waals surface area contributed by atoms with Crippen LogP contribution >= 0.6 is 0 Å². The minimum atomic E-state index is -0.367. The lowest BCUT2D eigenvalue weighted by molar-refractivity contribution is -0.140. The Hall–Kier alpha value is -0.610. The van der Waals surface area contributed by atoms with Gasteiger partial charge in [-0.2, -0.15) is 0 Å². The van der Waals surface area contributed by atoms with Gasteiger partial charge in [-0.1, -0.05) is 20.8 Å². The molecular weight excluding hydrogens is 216 g/mol. The van der Waals surface area contributed by atoms with Crippen molar-refractivity contribution in [1.82, 2.24) is 9.80 Å². The van der Waals surface area contributed by atoms with E-state index in [0.717, 1.165) is 0 Å². The molecule has 1 fully saturated rings. The highest BCUT2D eigenvalue weighted by Gasteiger charge is 2.50. The first-order valence-electron chi connectivity index (χ1n) is 6.11. The van der Waals surface area contributed by atoms with E-state index in [4.69, 9.17) is 4.74 Å². The monoisotopic (exact) mass is 242 g/mol. The first-order valence-corrected chi connectivity index (χ1v) is 6.11. The van der Waals surface area contributed by atoms with Crippen molar-refractivity contribution in [2.45, 2.75) is 59.5 Å². The van der Waals surface area contributed by atoms with Crippen molar-refractivity contribution in [2.75, 3.05) is 14.1 Å². The zero-order valence-corrected chi connectivity index (χ0v) is 12.4. The molecule has 0 aromatic heterocycles. The van der Waals surface area contributed by atoms with Crippen molar-refractivity contribution in [3.05, 3.63) is 0 Å². The summed E-state index contributed by atoms with van der Waals surface area (Å²) < 4.78 is 5.94. The molecule has 0 saturated carbocycles. The number of nitrogens with zero attached hydrogens (tertiary/aromatic N) is 2. The van der Waals surface area contributed by atoms with Gasteiger partial charge in [-0.15, -0.1) is 0 Å². The summed E-state index contributed by atoms with van der Waals surface area (Å²) in [7, 11) is 3.86. The molecule has 0 N–H and O–H groups in total. The fraction of sp³-hybridized carbons (Fsp3) is 0.923. The van der Waals surface area contributed by atoms with E-state index in [9.17, 15) is 4.79 Å². The molecule has 1 heterocycles. The van der Waals surface area contributed by atoms with Gasteiger partial charge >= 0.3 is 0 Å². The summed E-state index contributed by atoms with van der Waals surface area (Å²) in [5.41, 5.74) is -0.405. The average Bonchev–Trinajstić information content (AvgIpc) is 2.40. The Balaban J connectivity index is 3.07. The Kier molecular flexibility index (Phi) is 3.61. The molecule has 0 spiro atoms. The Morgan fingerprint density at radius 3 is 1.82 bits per heavy atom. The lowest BCUT2D eigenvalue weighted by Gasteiger charge is -2.38. The van der Waals surface area contributed by atoms with Gasteiger partial charge in [0.1, 0.15) is 6.10 Å². The zero-order chi connectivity index (χ0) is 13.6. The van der Waals surface area contributed by atoms with Crippen LogP contribution in [0.4, 0.5) is 0 Å². The van der Waals surface area contributed by atoms with Crippen molar-refractivity contribution in [2.24, 2.45) is 5.41 Å². The average molecular weight is 242 g/mol. The van der Waals surface area contributed by atoms with E-state index in [1.165, 1.54) is 0 Å². The highest BCUT2D eigenvalue weighted by atomic mass is 16.6. The summed E-state index contributed by atoms with van der Waals surface area (Å²) in [5, 5.41) is 0. The summed E-state index contributed by atoms with van der Waals surface area (Å²) in [6, 6.07) is 0. The molecule has 17 heavy (non-hydrogen) atoms. The van der Waals surface area contributed by atoms with Gasteiger partial charge < -0.3 is 4.74 Å². The van der Waals surface area contributed by atoms with Crippen molar-refractivity contribution in [3.8, 4) is 0 Å². The second-order valence-corrected chi connectivity index (χ2v) is 7.05. The Bertz CT molecular complexity index is 300. The van der Waals surface area contributed by atoms with Crippen LogP contribution in [0.2, 0.25) is 0 Å². The number of carbonyl (C=O) groups excluding carboxylic acids is 1. The third-order valence-electron chi connectivity index (χ3n) is 2.89. The van der Waals surface area contributed by atoms with Crippen LogP contribution in [0.3, 0.4) is 0 Å². The Morgan fingerprint density at radius 2 is 1.59 bits per heavy atom. The number of ether oxygens (including phenoxy) is 1. The molecule has 1 rings (SSSR count). The standard InChI is InChI=1S/C13H26N2O2/c1-12(2,3)9-10(16)15(13(4,5)6)11(17-9)14(7)8/h9,11H,1-8H3/t9-,11+/m0/s1. The molecule has 0 aliphatic carbocycles. The summed E-state index contributed by atoms with van der Waals surface area (Å²) in [6.45, 7) is 12.2. The SMILES string of the molecule is CN(C)[C@H]1O[C@H](C(C)(C)C)C(=O)N1C(C)(C)C. The lowest BCUT2D eigenvalue weighted by atomic mass is 9.88. The molecule has 0 aromatic carbocycles. The fourth-order valence-corrected chi connectivity index (χ4v) is 2.07. The summed E-state index contributed by atoms with van der Waals surface area (Å²) in [6.07, 6.45) is -0.638. The highest BCUT2D eigenvalue weighted by molar-refractivity contribution is 5.84. The minimum absolute atomic E-state index is 0.0868. The van der Waals surface area contributed by atoms with Crippen LogP contribution in [0.15, 0.2) is 0 Å². The van der Waals surface area contributed by atoms with Gasteiger partial charge in [-0.25, -0.2) is 0 Å². The Labute approximate surface area is 105 Å². The molecule has 0 unspecified atom stereocenters. The molecule has 4 heteroatoms. The van der Waals surface area contributed by atoms with E-state index in [2.05, 4.69) is 0 Å². The van der Waals surface area contributed by atoms with Gasteiger partial charge in [0.25, 0.3) is 5.91 Å². The molecule has 4 nitrogen and oxygen atoms in total. The third kappa shape index (κ3) is 2.80. The van der Waals surface area contributed by atoms with E-state index < -0.39 is 0 Å². The first-order chi connectivity index (χ1) is 7.46. The summed E-state index contributed by atoms with van der Waals surface area (Å²) in [4.78, 5) is 16.3. The second kappa shape index (κ2) is 4.25. The summed E-state index contributed by atoms with van der Waals surface area (Å²) >= 11 is 0. The molecule has 1 saturated heterocycles. The van der Waals surface area contributed by atoms with Crippen LogP contribution in [0.1, 0.15) is 41.5 Å². The first kappa shape index (κ1) is 14.5. The number of hydrogen-bond acceptors (Lipinski definition) is 3. The van der Waals surface area contributed by atoms with Gasteiger partial charge in [-0.3, -0.25) is 14.6 Å². The molecule has 1 aliphatic heterocycles. The molecule has 1 amide bonds. The number of carbonyl (C=O) groups is 1. The van der Waals surface area contributed by atoms with Crippen LogP contribution in [-0.4, -0.2) is 47.8 Å². The van der Waals surface area contributed by atoms with Crippen molar-refractivity contribution in [1.29, 1.82) is 0 Å². The fourth-order valence-electron chi connectivity index (χ4n) is 2.07. The molecule has 0 radical (unpaired) electrons. The molecule has 2 atom stereocenters. The Morgan fingerprint density at radius 1 is 1.12 bits per heavy atom. The van der Waals surface area contributed by atoms with E-state index in [1.807, 2.05) is 65.4 Å². The van der Waals surface area contributed by atoms with Gasteiger partial charge in [0.2, 0.25) is 0 Å². The van der Waals surface area contributed by atoms with Gasteiger partial charge in [-0.05, 0) is 40.3 Å². The van der Waals surface area contributed by atoms with Crippen LogP contribution in [0.25, 0.3) is 0 Å². The largest absolute Gasteiger partial charge is 0.331 e. The van der Waals surface area contributed by atoms with Crippen LogP contribution in [0, 0.1) is 5.41 Å². The maximum atomic E-state index is 12.5. The maximum Gasteiger partial charge on any atom is 0.255 e. The van der Waals surface area contributed by atoms with Crippen molar-refractivity contribution < 1.29 is 9.53 Å². The summed E-state index contributed by atoms with van der Waals surface area (Å²) in [5.74, 6) is 0.0868. The molecule has 1 aliphatic rings. The van der Waals surface area contributed by atoms with E-state index in [1.54, 1.807) is 0 Å². The van der Waals surface area contributed by atoms with Crippen molar-refractivity contribution >= 4 is 5.91 Å². The van der Waals surface area contributed by atoms with E-state index in [0.29, 0.717) is 0 Å². The molecule has 100 valence electrons. The van der Waals surface area contributed by atoms with E-state index >= 15 is 0 Å². The van der Waals surface area contributed by atoms with Crippen LogP contribution in [-0.2, 0) is 9.53 Å². The molecule has 0 aromatic rings. The topological polar surface area (TPSA) is 32.8 Å². The smallest absolute Gasteiger partial charge is 0.255 e. The van der Waals surface area contributed by atoms with Crippen LogP contribution in [0.5, 0.6) is 0 Å². The number of hydrogen-bond donors (Lipinski definition) is 0. The third-order valence-corrected chi connectivity index (χ3v) is 2.89. The van der Waals surface area contributed by atoms with Crippen LogP contribution < -0.4 is 0 Å². The predicted octanol–water partition coefficient (Wildman–Crippen LogP) is 1.90.